The molecule has 1 aliphatic carbocycles. The van der Waals surface area contributed by atoms with E-state index in [0.717, 1.165) is 19.3 Å². The molecule has 2 aromatic rings. The zero-order valence-corrected chi connectivity index (χ0v) is 27.6. The first-order valence-corrected chi connectivity index (χ1v) is 18.0. The van der Waals surface area contributed by atoms with Crippen LogP contribution in [0.25, 0.3) is 0 Å². The average Bonchev–Trinajstić information content (AvgIpc) is 3.22. The summed E-state index contributed by atoms with van der Waals surface area (Å²) >= 11 is 3.80. The summed E-state index contributed by atoms with van der Waals surface area (Å²) in [5.74, 6) is 1.28. The van der Waals surface area contributed by atoms with Gasteiger partial charge in [0.2, 0.25) is 0 Å². The number of hydrogen-bond donors (Lipinski definition) is 1. The molecule has 40 heavy (non-hydrogen) atoms. The number of halogens is 1. The maximum atomic E-state index is 13.6. The Morgan fingerprint density at radius 3 is 2.17 bits per heavy atom. The maximum Gasteiger partial charge on any atom is 0.261 e. The number of carbonyl (C=O) groups is 1. The van der Waals surface area contributed by atoms with Gasteiger partial charge in [-0.2, -0.15) is 0 Å². The van der Waals surface area contributed by atoms with Crippen LogP contribution in [-0.4, -0.2) is 48.5 Å². The van der Waals surface area contributed by atoms with E-state index in [4.69, 9.17) is 9.16 Å². The van der Waals surface area contributed by atoms with Gasteiger partial charge in [0.15, 0.2) is 0 Å². The Kier molecular flexibility index (Phi) is 8.60. The molecule has 3 fully saturated rings. The van der Waals surface area contributed by atoms with E-state index in [9.17, 15) is 9.90 Å². The lowest BCUT2D eigenvalue weighted by molar-refractivity contribution is -0.141. The lowest BCUT2D eigenvalue weighted by Crippen LogP contribution is -2.66. The second-order valence-corrected chi connectivity index (χ2v) is 19.4. The van der Waals surface area contributed by atoms with Gasteiger partial charge in [-0.15, -0.1) is 0 Å². The van der Waals surface area contributed by atoms with Crippen molar-refractivity contribution in [1.29, 1.82) is 0 Å². The lowest BCUT2D eigenvalue weighted by atomic mass is 9.59. The molecule has 2 aliphatic heterocycles. The van der Waals surface area contributed by atoms with E-state index in [1.54, 1.807) is 0 Å². The molecule has 2 bridgehead atoms. The normalized spacial score (nSPS) is 34.2. The molecule has 0 aromatic heterocycles. The molecule has 0 spiro atoms. The first-order chi connectivity index (χ1) is 18.9. The number of fused-ring (bicyclic) bond motifs is 5. The fourth-order valence-corrected chi connectivity index (χ4v) is 13.7. The highest BCUT2D eigenvalue weighted by atomic mass is 79.9. The number of carbonyl (C=O) groups excluding carboxylic acids is 1. The number of benzene rings is 2. The van der Waals surface area contributed by atoms with Crippen LogP contribution < -0.4 is 10.4 Å². The number of Topliss-reactive ketones (excluding diaryl/α,β-unsaturated/α-hetero) is 1. The molecule has 0 unspecified atom stereocenters. The molecular formula is C34H47BrO4Si. The minimum Gasteiger partial charge on any atom is -0.407 e. The smallest absolute Gasteiger partial charge is 0.261 e. The van der Waals surface area contributed by atoms with Crippen LogP contribution >= 0.6 is 15.9 Å². The Labute approximate surface area is 250 Å². The van der Waals surface area contributed by atoms with Crippen LogP contribution in [0.4, 0.5) is 0 Å². The molecule has 4 nitrogen and oxygen atoms in total. The van der Waals surface area contributed by atoms with Crippen molar-refractivity contribution in [2.75, 3.05) is 6.61 Å². The van der Waals surface area contributed by atoms with Crippen LogP contribution in [0.5, 0.6) is 0 Å². The summed E-state index contributed by atoms with van der Waals surface area (Å²) in [4.78, 5) is 13.6. The summed E-state index contributed by atoms with van der Waals surface area (Å²) in [6, 6.07) is 21.5. The van der Waals surface area contributed by atoms with Crippen molar-refractivity contribution in [3.63, 3.8) is 0 Å². The second-order valence-electron chi connectivity index (χ2n) is 14.0. The Hall–Kier alpha value is -1.31. The van der Waals surface area contributed by atoms with Crippen molar-refractivity contribution in [3.05, 3.63) is 60.7 Å². The minimum absolute atomic E-state index is 0.00895. The van der Waals surface area contributed by atoms with Crippen molar-refractivity contribution >= 4 is 40.4 Å². The molecule has 1 N–H and O–H groups in total. The van der Waals surface area contributed by atoms with Crippen LogP contribution in [0.2, 0.25) is 5.04 Å². The first-order valence-electron chi connectivity index (χ1n) is 15.2. The van der Waals surface area contributed by atoms with Gasteiger partial charge in [-0.1, -0.05) is 111 Å². The fourth-order valence-electron chi connectivity index (χ4n) is 8.35. The van der Waals surface area contributed by atoms with Gasteiger partial charge in [0.05, 0.1) is 17.8 Å². The van der Waals surface area contributed by atoms with Crippen LogP contribution in [-0.2, 0) is 14.0 Å². The van der Waals surface area contributed by atoms with Crippen LogP contribution in [0.15, 0.2) is 60.7 Å². The molecular weight excluding hydrogens is 580 g/mol. The Bertz CT molecular complexity index is 1120. The van der Waals surface area contributed by atoms with Crippen molar-refractivity contribution < 1.29 is 19.1 Å². The molecule has 1 saturated carbocycles. The number of hydrogen-bond acceptors (Lipinski definition) is 4. The Morgan fingerprint density at radius 2 is 1.65 bits per heavy atom. The molecule has 8 atom stereocenters. The highest BCUT2D eigenvalue weighted by Crippen LogP contribution is 2.58. The quantitative estimate of drug-likeness (QED) is 0.218. The fraction of sp³-hybridized carbons (Fsp3) is 0.618. The van der Waals surface area contributed by atoms with E-state index in [2.05, 4.69) is 111 Å². The minimum atomic E-state index is -2.61. The first kappa shape index (κ1) is 30.2. The topological polar surface area (TPSA) is 55.8 Å². The molecule has 0 amide bonds. The molecule has 6 heteroatoms. The molecule has 2 saturated heterocycles. The van der Waals surface area contributed by atoms with Gasteiger partial charge in [-0.3, -0.25) is 4.79 Å². The average molecular weight is 628 g/mol. The summed E-state index contributed by atoms with van der Waals surface area (Å²) in [5.41, 5.74) is -0.878. The van der Waals surface area contributed by atoms with E-state index in [1.165, 1.54) is 10.4 Å². The SMILES string of the molecule is CC(C)[C@H]1C[C@H](Br)[C@@](C)(O)[C@H]2[C@@H]1[C@H]1O[C@@H]2CC(=O)[C@H]1CCCO[Si](c1ccccc1)(c1ccccc1)C(C)(C)C. The van der Waals surface area contributed by atoms with Crippen molar-refractivity contribution in [2.24, 2.45) is 29.6 Å². The number of ketones is 1. The molecule has 218 valence electrons. The van der Waals surface area contributed by atoms with E-state index in [-0.39, 0.29) is 39.8 Å². The summed E-state index contributed by atoms with van der Waals surface area (Å²) in [6.07, 6.45) is 2.62. The molecule has 2 heterocycles. The molecule has 2 aromatic carbocycles. The zero-order valence-electron chi connectivity index (χ0n) is 25.0. The van der Waals surface area contributed by atoms with Crippen molar-refractivity contribution in [3.8, 4) is 0 Å². The molecule has 5 rings (SSSR count). The summed E-state index contributed by atoms with van der Waals surface area (Å²) in [5, 5.41) is 14.1. The maximum absolute atomic E-state index is 13.6. The van der Waals surface area contributed by atoms with Gasteiger partial charge >= 0.3 is 0 Å². The van der Waals surface area contributed by atoms with Gasteiger partial charge in [0, 0.05) is 29.7 Å². The molecule has 0 radical (unpaired) electrons. The van der Waals surface area contributed by atoms with Crippen LogP contribution in [0, 0.1) is 29.6 Å². The van der Waals surface area contributed by atoms with Crippen molar-refractivity contribution in [2.45, 2.75) is 94.9 Å². The second kappa shape index (κ2) is 11.4. The van der Waals surface area contributed by atoms with Gasteiger partial charge in [0.25, 0.3) is 8.32 Å². The van der Waals surface area contributed by atoms with Gasteiger partial charge < -0.3 is 14.3 Å². The zero-order chi connectivity index (χ0) is 28.9. The van der Waals surface area contributed by atoms with E-state index in [1.807, 2.05) is 6.92 Å². The highest BCUT2D eigenvalue weighted by molar-refractivity contribution is 9.09. The van der Waals surface area contributed by atoms with E-state index >= 15 is 0 Å². The Morgan fingerprint density at radius 1 is 1.07 bits per heavy atom. The predicted molar refractivity (Wildman–Crippen MR) is 168 cm³/mol. The van der Waals surface area contributed by atoms with Gasteiger partial charge in [-0.25, -0.2) is 0 Å². The van der Waals surface area contributed by atoms with Gasteiger partial charge in [0.1, 0.15) is 5.78 Å². The number of ether oxygens (including phenoxy) is 1. The number of alkyl halides is 1. The highest BCUT2D eigenvalue weighted by Gasteiger charge is 2.64. The van der Waals surface area contributed by atoms with E-state index in [0.29, 0.717) is 30.6 Å². The monoisotopic (exact) mass is 626 g/mol. The Balaban J connectivity index is 1.37. The largest absolute Gasteiger partial charge is 0.407 e. The summed E-state index contributed by atoms with van der Waals surface area (Å²) in [6.45, 7) is 14.0. The standard InChI is InChI=1S/C34H47BrO4Si/c1-22(2)26-20-29(35)34(6,37)31-28-21-27(36)25(32(39-28)30(26)31)18-13-19-38-40(33(3,4)5,23-14-9-7-10-15-23)24-16-11-8-12-17-24/h7-12,14-17,22,25-26,28-32,37H,13,18-21H2,1-6H3/t25-,26-,28-,29+,30-,31-,32+,34-/m1/s1. The van der Waals surface area contributed by atoms with E-state index < -0.39 is 13.9 Å². The number of rotatable bonds is 8. The third-order valence-electron chi connectivity index (χ3n) is 10.3. The third-order valence-corrected chi connectivity index (χ3v) is 16.6. The third kappa shape index (κ3) is 5.10. The lowest BCUT2D eigenvalue weighted by Gasteiger charge is -2.49. The number of aliphatic hydroxyl groups is 1. The van der Waals surface area contributed by atoms with Crippen molar-refractivity contribution in [1.82, 2.24) is 0 Å². The summed E-state index contributed by atoms with van der Waals surface area (Å²) in [7, 11) is -2.61. The predicted octanol–water partition coefficient (Wildman–Crippen LogP) is 6.12. The molecule has 3 aliphatic rings. The van der Waals surface area contributed by atoms with Gasteiger partial charge in [-0.05, 0) is 59.4 Å². The van der Waals surface area contributed by atoms with Crippen LogP contribution in [0.1, 0.15) is 67.2 Å². The summed E-state index contributed by atoms with van der Waals surface area (Å²) < 4.78 is 13.8. The van der Waals surface area contributed by atoms with Crippen LogP contribution in [0.3, 0.4) is 0 Å².